The lowest BCUT2D eigenvalue weighted by Gasteiger charge is -2.13. The minimum atomic E-state index is 0.378. The van der Waals surface area contributed by atoms with Gasteiger partial charge in [0.05, 0.1) is 6.10 Å². The zero-order valence-corrected chi connectivity index (χ0v) is 17.9. The maximum atomic E-state index is 6.08. The predicted octanol–water partition coefficient (Wildman–Crippen LogP) is 6.25. The van der Waals surface area contributed by atoms with Crippen LogP contribution >= 0.6 is 11.8 Å². The molecule has 4 nitrogen and oxygen atoms in total. The molecule has 5 heteroatoms. The lowest BCUT2D eigenvalue weighted by atomic mass is 10.1. The number of ether oxygens (including phenoxy) is 1. The second-order valence-electron chi connectivity index (χ2n) is 7.84. The van der Waals surface area contributed by atoms with Crippen molar-refractivity contribution in [2.75, 3.05) is 0 Å². The van der Waals surface area contributed by atoms with Crippen molar-refractivity contribution in [3.63, 3.8) is 0 Å². The van der Waals surface area contributed by atoms with Crippen molar-refractivity contribution < 1.29 is 4.74 Å². The van der Waals surface area contributed by atoms with Gasteiger partial charge in [0.25, 0.3) is 0 Å². The number of thioether (sulfide) groups is 1. The van der Waals surface area contributed by atoms with E-state index in [2.05, 4.69) is 69.4 Å². The van der Waals surface area contributed by atoms with Gasteiger partial charge in [-0.25, -0.2) is 0 Å². The highest BCUT2D eigenvalue weighted by Crippen LogP contribution is 2.30. The van der Waals surface area contributed by atoms with E-state index in [0.29, 0.717) is 6.10 Å². The molecule has 1 aromatic heterocycles. The minimum absolute atomic E-state index is 0.378. The molecule has 0 N–H and O–H groups in total. The van der Waals surface area contributed by atoms with Crippen LogP contribution in [0, 0.1) is 0 Å². The molecular weight excluding hydrogens is 390 g/mol. The van der Waals surface area contributed by atoms with E-state index in [1.807, 2.05) is 19.2 Å². The lowest BCUT2D eigenvalue weighted by Crippen LogP contribution is -2.10. The molecule has 1 fully saturated rings. The number of nitrogens with zero attached hydrogens (tertiary/aromatic N) is 3. The van der Waals surface area contributed by atoms with Gasteiger partial charge in [-0.2, -0.15) is 0 Å². The van der Waals surface area contributed by atoms with Gasteiger partial charge < -0.3 is 9.30 Å². The normalized spacial score (nSPS) is 14.4. The fourth-order valence-corrected chi connectivity index (χ4v) is 5.05. The molecule has 0 saturated heterocycles. The summed E-state index contributed by atoms with van der Waals surface area (Å²) in [5, 5.41) is 12.4. The fourth-order valence-electron chi connectivity index (χ4n) is 4.13. The van der Waals surface area contributed by atoms with Gasteiger partial charge in [0, 0.05) is 18.4 Å². The Hall–Kier alpha value is -2.79. The number of rotatable bonds is 6. The second kappa shape index (κ2) is 8.52. The summed E-state index contributed by atoms with van der Waals surface area (Å²) < 4.78 is 8.15. The summed E-state index contributed by atoms with van der Waals surface area (Å²) in [4.78, 5) is 0. The number of aromatic nitrogens is 3. The zero-order chi connectivity index (χ0) is 20.3. The SMILES string of the molecule is Cn1c(SCc2cccc3ccccc23)nnc1-c1ccc(OC2CCCC2)cc1. The Morgan fingerprint density at radius 2 is 1.70 bits per heavy atom. The lowest BCUT2D eigenvalue weighted by molar-refractivity contribution is 0.210. The molecule has 0 radical (unpaired) electrons. The van der Waals surface area contributed by atoms with Gasteiger partial charge in [-0.15, -0.1) is 10.2 Å². The number of fused-ring (bicyclic) bond motifs is 1. The summed E-state index contributed by atoms with van der Waals surface area (Å²) in [6.45, 7) is 0. The Labute approximate surface area is 181 Å². The van der Waals surface area contributed by atoms with Crippen molar-refractivity contribution in [3.05, 3.63) is 72.3 Å². The molecule has 1 saturated carbocycles. The van der Waals surface area contributed by atoms with Gasteiger partial charge in [0.1, 0.15) is 5.75 Å². The first-order valence-electron chi connectivity index (χ1n) is 10.5. The van der Waals surface area contributed by atoms with Crippen LogP contribution in [0.5, 0.6) is 5.75 Å². The number of hydrogen-bond donors (Lipinski definition) is 0. The quantitative estimate of drug-likeness (QED) is 0.349. The van der Waals surface area contributed by atoms with E-state index in [9.17, 15) is 0 Å². The van der Waals surface area contributed by atoms with Crippen LogP contribution in [0.2, 0.25) is 0 Å². The molecule has 3 aromatic carbocycles. The van der Waals surface area contributed by atoms with Gasteiger partial charge in [-0.1, -0.05) is 54.2 Å². The van der Waals surface area contributed by atoms with Crippen LogP contribution in [0.15, 0.2) is 71.9 Å². The maximum absolute atomic E-state index is 6.08. The third-order valence-corrected chi connectivity index (χ3v) is 6.86. The van der Waals surface area contributed by atoms with E-state index >= 15 is 0 Å². The average Bonchev–Trinajstić information content (AvgIpc) is 3.43. The van der Waals surface area contributed by atoms with Gasteiger partial charge in [0.2, 0.25) is 0 Å². The van der Waals surface area contributed by atoms with Crippen molar-refractivity contribution in [2.45, 2.75) is 42.7 Å². The van der Waals surface area contributed by atoms with Crippen molar-refractivity contribution in [1.29, 1.82) is 0 Å². The molecule has 1 aliphatic carbocycles. The minimum Gasteiger partial charge on any atom is -0.490 e. The predicted molar refractivity (Wildman–Crippen MR) is 123 cm³/mol. The first-order chi connectivity index (χ1) is 14.8. The highest BCUT2D eigenvalue weighted by atomic mass is 32.2. The molecule has 0 spiro atoms. The zero-order valence-electron chi connectivity index (χ0n) is 17.1. The van der Waals surface area contributed by atoms with Gasteiger partial charge in [-0.3, -0.25) is 0 Å². The monoisotopic (exact) mass is 415 g/mol. The number of benzene rings is 3. The largest absolute Gasteiger partial charge is 0.490 e. The van der Waals surface area contributed by atoms with Crippen LogP contribution in [0.3, 0.4) is 0 Å². The van der Waals surface area contributed by atoms with Crippen LogP contribution in [-0.2, 0) is 12.8 Å². The first kappa shape index (κ1) is 19.2. The summed E-state index contributed by atoms with van der Waals surface area (Å²) in [6.07, 6.45) is 5.27. The molecule has 30 heavy (non-hydrogen) atoms. The van der Waals surface area contributed by atoms with Gasteiger partial charge in [-0.05, 0) is 66.3 Å². The van der Waals surface area contributed by atoms with Crippen molar-refractivity contribution in [2.24, 2.45) is 7.05 Å². The Morgan fingerprint density at radius 3 is 2.53 bits per heavy atom. The topological polar surface area (TPSA) is 39.9 Å². The maximum Gasteiger partial charge on any atom is 0.191 e. The van der Waals surface area contributed by atoms with Gasteiger partial charge in [0.15, 0.2) is 11.0 Å². The van der Waals surface area contributed by atoms with Crippen LogP contribution in [0.1, 0.15) is 31.2 Å². The second-order valence-corrected chi connectivity index (χ2v) is 8.78. The summed E-state index contributed by atoms with van der Waals surface area (Å²) in [5.41, 5.74) is 2.37. The summed E-state index contributed by atoms with van der Waals surface area (Å²) in [6, 6.07) is 23.2. The molecule has 1 aliphatic rings. The van der Waals surface area contributed by atoms with E-state index in [1.54, 1.807) is 11.8 Å². The van der Waals surface area contributed by atoms with E-state index in [0.717, 1.165) is 28.0 Å². The summed E-state index contributed by atoms with van der Waals surface area (Å²) in [7, 11) is 2.03. The molecule has 0 atom stereocenters. The van der Waals surface area contributed by atoms with E-state index < -0.39 is 0 Å². The molecule has 152 valence electrons. The van der Waals surface area contributed by atoms with Gasteiger partial charge >= 0.3 is 0 Å². The molecule has 0 unspecified atom stereocenters. The van der Waals surface area contributed by atoms with Crippen LogP contribution in [0.25, 0.3) is 22.2 Å². The van der Waals surface area contributed by atoms with Crippen LogP contribution in [-0.4, -0.2) is 20.9 Å². The summed E-state index contributed by atoms with van der Waals surface area (Å²) in [5.74, 6) is 2.68. The highest BCUT2D eigenvalue weighted by Gasteiger charge is 2.17. The van der Waals surface area contributed by atoms with Crippen molar-refractivity contribution in [3.8, 4) is 17.1 Å². The molecule has 4 aromatic rings. The molecule has 5 rings (SSSR count). The molecular formula is C25H25N3OS. The average molecular weight is 416 g/mol. The molecule has 0 amide bonds. The highest BCUT2D eigenvalue weighted by molar-refractivity contribution is 7.98. The van der Waals surface area contributed by atoms with E-state index in [-0.39, 0.29) is 0 Å². The molecule has 1 heterocycles. The molecule has 0 aliphatic heterocycles. The third kappa shape index (κ3) is 3.94. The third-order valence-electron chi connectivity index (χ3n) is 5.79. The Kier molecular flexibility index (Phi) is 5.45. The number of hydrogen-bond acceptors (Lipinski definition) is 4. The Bertz CT molecular complexity index is 1140. The van der Waals surface area contributed by atoms with Crippen LogP contribution < -0.4 is 4.74 Å². The first-order valence-corrected chi connectivity index (χ1v) is 11.5. The smallest absolute Gasteiger partial charge is 0.191 e. The fraction of sp³-hybridized carbons (Fsp3) is 0.280. The van der Waals surface area contributed by atoms with E-state index in [4.69, 9.17) is 4.74 Å². The Balaban J connectivity index is 1.30. The van der Waals surface area contributed by atoms with Crippen molar-refractivity contribution in [1.82, 2.24) is 14.8 Å². The van der Waals surface area contributed by atoms with E-state index in [1.165, 1.54) is 42.0 Å². The molecule has 0 bridgehead atoms. The van der Waals surface area contributed by atoms with Crippen LogP contribution in [0.4, 0.5) is 0 Å². The Morgan fingerprint density at radius 1 is 0.933 bits per heavy atom. The summed E-state index contributed by atoms with van der Waals surface area (Å²) >= 11 is 1.72. The standard InChI is InChI=1S/C25H25N3OS/c1-28-24(19-13-15-22(16-14-19)29-21-10-3-4-11-21)26-27-25(28)30-17-20-9-6-8-18-7-2-5-12-23(18)20/h2,5-9,12-16,21H,3-4,10-11,17H2,1H3. The van der Waals surface area contributed by atoms with Crippen molar-refractivity contribution >= 4 is 22.5 Å².